The van der Waals surface area contributed by atoms with E-state index in [0.717, 1.165) is 29.9 Å². The maximum atomic E-state index is 10.3. The minimum absolute atomic E-state index is 0.548. The van der Waals surface area contributed by atoms with Crippen LogP contribution >= 0.6 is 11.8 Å². The number of aliphatic imine (C=N–C) groups is 1. The van der Waals surface area contributed by atoms with E-state index in [-0.39, 0.29) is 0 Å². The van der Waals surface area contributed by atoms with E-state index >= 15 is 0 Å². The summed E-state index contributed by atoms with van der Waals surface area (Å²) < 4.78 is 0. The second-order valence-corrected chi connectivity index (χ2v) is 5.89. The Morgan fingerprint density at radius 2 is 2.12 bits per heavy atom. The molecule has 3 rings (SSSR count). The molecule has 1 saturated carbocycles. The number of hydrogen-bond donors (Lipinski definition) is 1. The fourth-order valence-corrected chi connectivity index (χ4v) is 3.92. The Bertz CT molecular complexity index is 417. The molecular formula is C13H15NOS. The van der Waals surface area contributed by atoms with Gasteiger partial charge in [0.05, 0.1) is 0 Å². The number of nitrogens with zero attached hydrogens (tertiary/aromatic N) is 1. The van der Waals surface area contributed by atoms with E-state index in [0.29, 0.717) is 5.25 Å². The van der Waals surface area contributed by atoms with E-state index < -0.39 is 5.72 Å². The maximum Gasteiger partial charge on any atom is 0.158 e. The second kappa shape index (κ2) is 3.90. The monoisotopic (exact) mass is 233 g/mol. The van der Waals surface area contributed by atoms with Gasteiger partial charge >= 0.3 is 0 Å². The van der Waals surface area contributed by atoms with Gasteiger partial charge in [-0.3, -0.25) is 0 Å². The lowest BCUT2D eigenvalue weighted by Crippen LogP contribution is -2.39. The van der Waals surface area contributed by atoms with E-state index in [1.165, 1.54) is 6.42 Å². The van der Waals surface area contributed by atoms with E-state index in [1.54, 1.807) is 0 Å². The highest BCUT2D eigenvalue weighted by molar-refractivity contribution is 8.15. The molecule has 1 aliphatic carbocycles. The summed E-state index contributed by atoms with van der Waals surface area (Å²) in [5.74, 6) is 0. The van der Waals surface area contributed by atoms with Crippen LogP contribution in [0.4, 0.5) is 0 Å². The predicted molar refractivity (Wildman–Crippen MR) is 67.8 cm³/mol. The molecule has 1 fully saturated rings. The quantitative estimate of drug-likeness (QED) is 0.809. The van der Waals surface area contributed by atoms with Crippen LogP contribution in [0.2, 0.25) is 0 Å². The van der Waals surface area contributed by atoms with Gasteiger partial charge in [-0.05, 0) is 19.3 Å². The van der Waals surface area contributed by atoms with Gasteiger partial charge in [-0.2, -0.15) is 0 Å². The molecule has 84 valence electrons. The van der Waals surface area contributed by atoms with Crippen molar-refractivity contribution in [3.63, 3.8) is 0 Å². The lowest BCUT2D eigenvalue weighted by atomic mass is 9.91. The Labute approximate surface area is 99.8 Å². The Morgan fingerprint density at radius 1 is 1.31 bits per heavy atom. The topological polar surface area (TPSA) is 32.6 Å². The van der Waals surface area contributed by atoms with Gasteiger partial charge in [-0.15, -0.1) is 11.8 Å². The molecule has 2 atom stereocenters. The third kappa shape index (κ3) is 1.89. The summed E-state index contributed by atoms with van der Waals surface area (Å²) in [5.41, 5.74) is 0.358. The van der Waals surface area contributed by atoms with Crippen molar-refractivity contribution in [2.45, 2.75) is 36.7 Å². The molecular weight excluding hydrogens is 218 g/mol. The Balaban J connectivity index is 1.97. The van der Waals surface area contributed by atoms with Crippen LogP contribution in [0.25, 0.3) is 0 Å². The molecule has 16 heavy (non-hydrogen) atoms. The third-order valence-electron chi connectivity index (χ3n) is 3.27. The van der Waals surface area contributed by atoms with Crippen LogP contribution in [-0.2, 0) is 0 Å². The number of benzene rings is 1. The SMILES string of the molecule is O[C@]12CCC[C@H](C1)SC(c1ccccc1)=N2. The van der Waals surface area contributed by atoms with Crippen molar-refractivity contribution in [3.8, 4) is 0 Å². The average Bonchev–Trinajstić information content (AvgIpc) is 2.28. The fourth-order valence-electron chi connectivity index (χ4n) is 2.47. The molecule has 0 amide bonds. The van der Waals surface area contributed by atoms with E-state index in [2.05, 4.69) is 17.1 Å². The molecule has 2 nitrogen and oxygen atoms in total. The lowest BCUT2D eigenvalue weighted by Gasteiger charge is -2.38. The predicted octanol–water partition coefficient (Wildman–Crippen LogP) is 2.81. The van der Waals surface area contributed by atoms with E-state index in [9.17, 15) is 5.11 Å². The van der Waals surface area contributed by atoms with Crippen molar-refractivity contribution in [2.75, 3.05) is 0 Å². The first-order valence-corrected chi connectivity index (χ1v) is 6.67. The minimum Gasteiger partial charge on any atom is -0.369 e. The van der Waals surface area contributed by atoms with Gasteiger partial charge < -0.3 is 5.11 Å². The smallest absolute Gasteiger partial charge is 0.158 e. The molecule has 2 bridgehead atoms. The molecule has 3 heteroatoms. The largest absolute Gasteiger partial charge is 0.369 e. The van der Waals surface area contributed by atoms with Gasteiger partial charge in [-0.25, -0.2) is 4.99 Å². The summed E-state index contributed by atoms with van der Waals surface area (Å²) in [6.07, 6.45) is 3.95. The van der Waals surface area contributed by atoms with Crippen LogP contribution in [0, 0.1) is 0 Å². The zero-order chi connectivity index (χ0) is 11.0. The molecule has 1 aromatic carbocycles. The second-order valence-electron chi connectivity index (χ2n) is 4.60. The van der Waals surface area contributed by atoms with Crippen LogP contribution in [-0.4, -0.2) is 21.1 Å². The first kappa shape index (κ1) is 10.4. The summed E-state index contributed by atoms with van der Waals surface area (Å²) in [6.45, 7) is 0. The highest BCUT2D eigenvalue weighted by Gasteiger charge is 2.39. The van der Waals surface area contributed by atoms with Crippen molar-refractivity contribution in [3.05, 3.63) is 35.9 Å². The Kier molecular flexibility index (Phi) is 2.52. The van der Waals surface area contributed by atoms with Crippen LogP contribution in [0.5, 0.6) is 0 Å². The fraction of sp³-hybridized carbons (Fsp3) is 0.462. The standard InChI is InChI=1S/C13H15NOS/c15-13-8-4-7-11(9-13)16-12(14-13)10-5-2-1-3-6-10/h1-3,5-6,11,15H,4,7-9H2/t11-,13-/m1/s1. The van der Waals surface area contributed by atoms with Gasteiger partial charge in [0, 0.05) is 17.2 Å². The zero-order valence-corrected chi connectivity index (χ0v) is 9.91. The lowest BCUT2D eigenvalue weighted by molar-refractivity contribution is 0.0143. The summed E-state index contributed by atoms with van der Waals surface area (Å²) in [4.78, 5) is 4.54. The van der Waals surface area contributed by atoms with Crippen molar-refractivity contribution in [1.82, 2.24) is 0 Å². The molecule has 1 heterocycles. The normalized spacial score (nSPS) is 33.3. The average molecular weight is 233 g/mol. The highest BCUT2D eigenvalue weighted by Crippen LogP contribution is 2.42. The molecule has 1 aromatic rings. The third-order valence-corrected chi connectivity index (χ3v) is 4.55. The van der Waals surface area contributed by atoms with Crippen LogP contribution in [0.15, 0.2) is 35.3 Å². The van der Waals surface area contributed by atoms with E-state index in [4.69, 9.17) is 0 Å². The number of fused-ring (bicyclic) bond motifs is 2. The number of thioether (sulfide) groups is 1. The van der Waals surface area contributed by atoms with Crippen LogP contribution < -0.4 is 0 Å². The van der Waals surface area contributed by atoms with Gasteiger partial charge in [0.1, 0.15) is 5.04 Å². The molecule has 1 N–H and O–H groups in total. The van der Waals surface area contributed by atoms with Crippen molar-refractivity contribution in [2.24, 2.45) is 4.99 Å². The molecule has 0 spiro atoms. The van der Waals surface area contributed by atoms with Crippen LogP contribution in [0.1, 0.15) is 31.2 Å². The van der Waals surface area contributed by atoms with Crippen molar-refractivity contribution in [1.29, 1.82) is 0 Å². The van der Waals surface area contributed by atoms with Crippen molar-refractivity contribution < 1.29 is 5.11 Å². The number of hydrogen-bond acceptors (Lipinski definition) is 3. The molecule has 2 aliphatic rings. The van der Waals surface area contributed by atoms with Gasteiger partial charge in [0.2, 0.25) is 0 Å². The molecule has 0 radical (unpaired) electrons. The summed E-state index contributed by atoms with van der Waals surface area (Å²) in [7, 11) is 0. The molecule has 0 aromatic heterocycles. The molecule has 1 aliphatic heterocycles. The summed E-state index contributed by atoms with van der Waals surface area (Å²) in [6, 6.07) is 10.2. The number of aliphatic hydroxyl groups is 1. The Hall–Kier alpha value is -0.800. The Morgan fingerprint density at radius 3 is 2.88 bits per heavy atom. The first-order valence-electron chi connectivity index (χ1n) is 5.79. The maximum absolute atomic E-state index is 10.3. The number of rotatable bonds is 1. The zero-order valence-electron chi connectivity index (χ0n) is 9.10. The van der Waals surface area contributed by atoms with E-state index in [1.807, 2.05) is 30.0 Å². The van der Waals surface area contributed by atoms with Gasteiger partial charge in [0.15, 0.2) is 5.72 Å². The van der Waals surface area contributed by atoms with Crippen LogP contribution in [0.3, 0.4) is 0 Å². The highest BCUT2D eigenvalue weighted by atomic mass is 32.2. The minimum atomic E-state index is -0.778. The molecule has 0 saturated heterocycles. The first-order chi connectivity index (χ1) is 7.75. The summed E-state index contributed by atoms with van der Waals surface area (Å²) in [5, 5.41) is 11.9. The van der Waals surface area contributed by atoms with Gasteiger partial charge in [-0.1, -0.05) is 30.3 Å². The van der Waals surface area contributed by atoms with Gasteiger partial charge in [0.25, 0.3) is 0 Å². The molecule has 0 unspecified atom stereocenters. The summed E-state index contributed by atoms with van der Waals surface area (Å²) >= 11 is 1.83. The van der Waals surface area contributed by atoms with Crippen molar-refractivity contribution >= 4 is 16.8 Å².